The van der Waals surface area contributed by atoms with E-state index in [4.69, 9.17) is 4.74 Å². The summed E-state index contributed by atoms with van der Waals surface area (Å²) in [4.78, 5) is 2.41. The van der Waals surface area contributed by atoms with Crippen LogP contribution in [0.4, 0.5) is 0 Å². The Hall–Kier alpha value is -0.120. The van der Waals surface area contributed by atoms with Crippen LogP contribution < -0.4 is 5.32 Å². The summed E-state index contributed by atoms with van der Waals surface area (Å²) in [7, 11) is 0. The summed E-state index contributed by atoms with van der Waals surface area (Å²) in [6.07, 6.45) is 8.02. The van der Waals surface area contributed by atoms with Gasteiger partial charge in [-0.1, -0.05) is 26.7 Å². The first-order valence-electron chi connectivity index (χ1n) is 7.90. The van der Waals surface area contributed by atoms with Gasteiger partial charge >= 0.3 is 0 Å². The predicted molar refractivity (Wildman–Crippen MR) is 78.1 cm³/mol. The van der Waals surface area contributed by atoms with Crippen LogP contribution in [0.3, 0.4) is 0 Å². The maximum absolute atomic E-state index is 5.67. The van der Waals surface area contributed by atoms with Crippen molar-refractivity contribution in [2.75, 3.05) is 39.4 Å². The van der Waals surface area contributed by atoms with Crippen LogP contribution >= 0.6 is 0 Å². The smallest absolute Gasteiger partial charge is 0.0593 e. The van der Waals surface area contributed by atoms with Gasteiger partial charge in [0.2, 0.25) is 0 Å². The van der Waals surface area contributed by atoms with Crippen molar-refractivity contribution in [2.45, 2.75) is 58.4 Å². The number of hydrogen-bond donors (Lipinski definition) is 1. The standard InChI is InChI=1S/C15H32N2O/c1-3-17(4-2)12-14-18-13-8-6-5-7-11-16-15-9-10-15/h15-16H,3-14H2,1-2H3. The fourth-order valence-electron chi connectivity index (χ4n) is 2.11. The number of ether oxygens (including phenoxy) is 1. The van der Waals surface area contributed by atoms with Crippen LogP contribution in [0.2, 0.25) is 0 Å². The van der Waals surface area contributed by atoms with Gasteiger partial charge in [0.1, 0.15) is 0 Å². The predicted octanol–water partition coefficient (Wildman–Crippen LogP) is 2.66. The maximum Gasteiger partial charge on any atom is 0.0593 e. The van der Waals surface area contributed by atoms with E-state index < -0.39 is 0 Å². The highest BCUT2D eigenvalue weighted by Gasteiger charge is 2.19. The van der Waals surface area contributed by atoms with Crippen LogP contribution in [-0.2, 0) is 4.74 Å². The zero-order valence-electron chi connectivity index (χ0n) is 12.4. The van der Waals surface area contributed by atoms with Crippen molar-refractivity contribution in [2.24, 2.45) is 0 Å². The molecule has 1 saturated carbocycles. The number of hydrogen-bond acceptors (Lipinski definition) is 3. The van der Waals surface area contributed by atoms with Crippen molar-refractivity contribution in [1.82, 2.24) is 10.2 Å². The Morgan fingerprint density at radius 1 is 1.00 bits per heavy atom. The van der Waals surface area contributed by atoms with Crippen molar-refractivity contribution in [3.05, 3.63) is 0 Å². The molecule has 0 amide bonds. The van der Waals surface area contributed by atoms with Crippen LogP contribution in [0.5, 0.6) is 0 Å². The van der Waals surface area contributed by atoms with Gasteiger partial charge in [0.25, 0.3) is 0 Å². The highest BCUT2D eigenvalue weighted by Crippen LogP contribution is 2.18. The number of nitrogens with zero attached hydrogens (tertiary/aromatic N) is 1. The van der Waals surface area contributed by atoms with E-state index in [1.165, 1.54) is 45.1 Å². The summed E-state index contributed by atoms with van der Waals surface area (Å²) in [5, 5.41) is 3.56. The summed E-state index contributed by atoms with van der Waals surface area (Å²) in [5.74, 6) is 0. The molecule has 18 heavy (non-hydrogen) atoms. The molecule has 108 valence electrons. The quantitative estimate of drug-likeness (QED) is 0.513. The van der Waals surface area contributed by atoms with Gasteiger partial charge in [-0.05, 0) is 45.3 Å². The lowest BCUT2D eigenvalue weighted by atomic mass is 10.2. The highest BCUT2D eigenvalue weighted by atomic mass is 16.5. The minimum Gasteiger partial charge on any atom is -0.380 e. The first-order chi connectivity index (χ1) is 8.86. The lowest BCUT2D eigenvalue weighted by molar-refractivity contribution is 0.104. The minimum absolute atomic E-state index is 0.869. The third-order valence-corrected chi connectivity index (χ3v) is 3.67. The largest absolute Gasteiger partial charge is 0.380 e. The first kappa shape index (κ1) is 15.9. The molecule has 0 aromatic rings. The van der Waals surface area contributed by atoms with Crippen molar-refractivity contribution < 1.29 is 4.74 Å². The molecule has 0 aliphatic heterocycles. The molecule has 3 heteroatoms. The molecule has 0 saturated heterocycles. The van der Waals surface area contributed by atoms with E-state index in [1.807, 2.05) is 0 Å². The molecule has 3 nitrogen and oxygen atoms in total. The maximum atomic E-state index is 5.67. The summed E-state index contributed by atoms with van der Waals surface area (Å²) in [6, 6.07) is 0.869. The number of nitrogens with one attached hydrogen (secondary N) is 1. The summed E-state index contributed by atoms with van der Waals surface area (Å²) in [5.41, 5.74) is 0. The molecular weight excluding hydrogens is 224 g/mol. The average Bonchev–Trinajstić information content (AvgIpc) is 3.20. The Bertz CT molecular complexity index is 179. The van der Waals surface area contributed by atoms with Crippen LogP contribution in [0.25, 0.3) is 0 Å². The second-order valence-corrected chi connectivity index (χ2v) is 5.28. The van der Waals surface area contributed by atoms with Gasteiger partial charge < -0.3 is 15.0 Å². The van der Waals surface area contributed by atoms with Gasteiger partial charge in [0.15, 0.2) is 0 Å². The molecule has 1 rings (SSSR count). The second kappa shape index (κ2) is 10.8. The normalized spacial score (nSPS) is 15.5. The molecule has 0 unspecified atom stereocenters. The van der Waals surface area contributed by atoms with Crippen molar-refractivity contribution in [3.8, 4) is 0 Å². The van der Waals surface area contributed by atoms with Crippen molar-refractivity contribution in [3.63, 3.8) is 0 Å². The van der Waals surface area contributed by atoms with Gasteiger partial charge in [-0.2, -0.15) is 0 Å². The number of unbranched alkanes of at least 4 members (excludes halogenated alkanes) is 3. The summed E-state index contributed by atoms with van der Waals surface area (Å²) >= 11 is 0. The molecule has 0 atom stereocenters. The van der Waals surface area contributed by atoms with Crippen LogP contribution in [-0.4, -0.2) is 50.3 Å². The van der Waals surface area contributed by atoms with E-state index >= 15 is 0 Å². The third-order valence-electron chi connectivity index (χ3n) is 3.67. The number of rotatable bonds is 13. The fourth-order valence-corrected chi connectivity index (χ4v) is 2.11. The van der Waals surface area contributed by atoms with Gasteiger partial charge in [-0.25, -0.2) is 0 Å². The zero-order chi connectivity index (χ0) is 13.1. The van der Waals surface area contributed by atoms with E-state index in [-0.39, 0.29) is 0 Å². The van der Waals surface area contributed by atoms with E-state index in [9.17, 15) is 0 Å². The summed E-state index contributed by atoms with van der Waals surface area (Å²) in [6.45, 7) is 10.8. The van der Waals surface area contributed by atoms with Gasteiger partial charge in [-0.15, -0.1) is 0 Å². The fraction of sp³-hybridized carbons (Fsp3) is 1.00. The molecule has 1 aliphatic rings. The van der Waals surface area contributed by atoms with E-state index in [2.05, 4.69) is 24.1 Å². The lowest BCUT2D eigenvalue weighted by Gasteiger charge is -2.17. The monoisotopic (exact) mass is 256 g/mol. The molecule has 0 spiro atoms. The summed E-state index contributed by atoms with van der Waals surface area (Å²) < 4.78 is 5.67. The Morgan fingerprint density at radius 2 is 1.72 bits per heavy atom. The van der Waals surface area contributed by atoms with Gasteiger partial charge in [-0.3, -0.25) is 0 Å². The van der Waals surface area contributed by atoms with Crippen LogP contribution in [0.1, 0.15) is 52.4 Å². The minimum atomic E-state index is 0.869. The van der Waals surface area contributed by atoms with E-state index in [1.54, 1.807) is 0 Å². The first-order valence-corrected chi connectivity index (χ1v) is 7.90. The molecular formula is C15H32N2O. The van der Waals surface area contributed by atoms with E-state index in [0.717, 1.165) is 38.9 Å². The molecule has 1 aliphatic carbocycles. The molecule has 0 radical (unpaired) electrons. The Morgan fingerprint density at radius 3 is 2.39 bits per heavy atom. The second-order valence-electron chi connectivity index (χ2n) is 5.28. The molecule has 0 bridgehead atoms. The highest BCUT2D eigenvalue weighted by molar-refractivity contribution is 4.80. The SMILES string of the molecule is CCN(CC)CCOCCCCCCNC1CC1. The molecule has 0 heterocycles. The van der Waals surface area contributed by atoms with Gasteiger partial charge in [0.05, 0.1) is 6.61 Å². The zero-order valence-corrected chi connectivity index (χ0v) is 12.4. The molecule has 0 aromatic heterocycles. The average molecular weight is 256 g/mol. The third kappa shape index (κ3) is 8.90. The topological polar surface area (TPSA) is 24.5 Å². The Kier molecular flexibility index (Phi) is 9.54. The van der Waals surface area contributed by atoms with Crippen LogP contribution in [0, 0.1) is 0 Å². The van der Waals surface area contributed by atoms with E-state index in [0.29, 0.717) is 0 Å². The van der Waals surface area contributed by atoms with Gasteiger partial charge in [0, 0.05) is 19.2 Å². The van der Waals surface area contributed by atoms with Crippen LogP contribution in [0.15, 0.2) is 0 Å². The number of likely N-dealkylation sites (N-methyl/N-ethyl adjacent to an activating group) is 1. The molecule has 0 aromatic carbocycles. The molecule has 1 N–H and O–H groups in total. The lowest BCUT2D eigenvalue weighted by Crippen LogP contribution is -2.27. The Labute approximate surface area is 113 Å². The molecule has 1 fully saturated rings. The van der Waals surface area contributed by atoms with Crippen molar-refractivity contribution in [1.29, 1.82) is 0 Å². The van der Waals surface area contributed by atoms with Crippen molar-refractivity contribution >= 4 is 0 Å². The Balaban J connectivity index is 1.69.